The van der Waals surface area contributed by atoms with Crippen molar-refractivity contribution in [3.8, 4) is 5.75 Å². The van der Waals surface area contributed by atoms with Crippen molar-refractivity contribution in [2.75, 3.05) is 6.61 Å². The van der Waals surface area contributed by atoms with Crippen molar-refractivity contribution in [3.63, 3.8) is 0 Å². The summed E-state index contributed by atoms with van der Waals surface area (Å²) >= 11 is 5.97. The van der Waals surface area contributed by atoms with Crippen LogP contribution in [0, 0.1) is 0 Å². The zero-order chi connectivity index (χ0) is 23.4. The predicted molar refractivity (Wildman–Crippen MR) is 129 cm³/mol. The van der Waals surface area contributed by atoms with Gasteiger partial charge in [-0.15, -0.1) is 0 Å². The van der Waals surface area contributed by atoms with E-state index in [-0.39, 0.29) is 11.8 Å². The van der Waals surface area contributed by atoms with Crippen LogP contribution in [0.5, 0.6) is 5.75 Å². The molecule has 2 amide bonds. The van der Waals surface area contributed by atoms with Crippen LogP contribution >= 0.6 is 11.6 Å². The number of ether oxygens (including phenoxy) is 1. The maximum absolute atomic E-state index is 13.6. The summed E-state index contributed by atoms with van der Waals surface area (Å²) in [6.45, 7) is 4.99. The van der Waals surface area contributed by atoms with Gasteiger partial charge in [0.05, 0.1) is 6.61 Å². The Morgan fingerprint density at radius 3 is 2.58 bits per heavy atom. The minimum Gasteiger partial charge on any atom is -0.494 e. The average Bonchev–Trinajstić information content (AvgIpc) is 2.82. The number of halogens is 1. The summed E-state index contributed by atoms with van der Waals surface area (Å²) in [5, 5.41) is 3.67. The zero-order valence-corrected chi connectivity index (χ0v) is 19.6. The van der Waals surface area contributed by atoms with Crippen LogP contribution in [0.3, 0.4) is 0 Å². The summed E-state index contributed by atoms with van der Waals surface area (Å²) in [7, 11) is 0. The molecule has 0 fully saturated rings. The Balaban J connectivity index is 1.63. The quantitative estimate of drug-likeness (QED) is 0.536. The summed E-state index contributed by atoms with van der Waals surface area (Å²) in [6, 6.07) is 22.5. The standard InChI is InChI=1S/C27H27ClN2O3/c1-3-33-23-9-6-7-20(15-23)18-30-25(31)24-10-5-4-8-21(24)16-27(30,2)26(32)29-17-19-11-13-22(28)14-12-19/h4-15H,3,16-18H2,1-2H3,(H,29,32)/t27-/m0/s1. The molecule has 6 heteroatoms. The van der Waals surface area contributed by atoms with Crippen molar-refractivity contribution in [2.45, 2.75) is 38.9 Å². The van der Waals surface area contributed by atoms with Crippen LogP contribution in [0.25, 0.3) is 0 Å². The Hall–Kier alpha value is -3.31. The largest absolute Gasteiger partial charge is 0.494 e. The molecule has 0 aromatic heterocycles. The Labute approximate surface area is 199 Å². The molecule has 0 spiro atoms. The normalized spacial score (nSPS) is 17.4. The first-order valence-corrected chi connectivity index (χ1v) is 11.4. The molecular formula is C27H27ClN2O3. The minimum absolute atomic E-state index is 0.150. The number of carbonyl (C=O) groups excluding carboxylic acids is 2. The van der Waals surface area contributed by atoms with Crippen LogP contribution in [0.4, 0.5) is 0 Å². The molecule has 0 saturated heterocycles. The number of amides is 2. The van der Waals surface area contributed by atoms with Crippen molar-refractivity contribution in [1.29, 1.82) is 0 Å². The summed E-state index contributed by atoms with van der Waals surface area (Å²) in [4.78, 5) is 28.8. The van der Waals surface area contributed by atoms with Gasteiger partial charge in [-0.2, -0.15) is 0 Å². The molecule has 1 aliphatic rings. The Kier molecular flexibility index (Phi) is 6.70. The molecule has 0 saturated carbocycles. The minimum atomic E-state index is -1.04. The molecule has 5 nitrogen and oxygen atoms in total. The fourth-order valence-electron chi connectivity index (χ4n) is 4.23. The van der Waals surface area contributed by atoms with E-state index in [2.05, 4.69) is 5.32 Å². The molecular weight excluding hydrogens is 436 g/mol. The lowest BCUT2D eigenvalue weighted by atomic mass is 9.82. The van der Waals surface area contributed by atoms with Crippen LogP contribution < -0.4 is 10.1 Å². The maximum Gasteiger partial charge on any atom is 0.255 e. The van der Waals surface area contributed by atoms with E-state index in [0.29, 0.717) is 36.7 Å². The highest BCUT2D eigenvalue weighted by atomic mass is 35.5. The second-order valence-corrected chi connectivity index (χ2v) is 8.83. The van der Waals surface area contributed by atoms with E-state index in [1.807, 2.05) is 74.5 Å². The molecule has 1 heterocycles. The summed E-state index contributed by atoms with van der Waals surface area (Å²) in [5.74, 6) is 0.401. The molecule has 0 unspecified atom stereocenters. The highest BCUT2D eigenvalue weighted by Gasteiger charge is 2.46. The van der Waals surface area contributed by atoms with Crippen LogP contribution in [0.2, 0.25) is 5.02 Å². The fraction of sp³-hybridized carbons (Fsp3) is 0.259. The summed E-state index contributed by atoms with van der Waals surface area (Å²) < 4.78 is 5.62. The van der Waals surface area contributed by atoms with Gasteiger partial charge >= 0.3 is 0 Å². The van der Waals surface area contributed by atoms with Crippen LogP contribution in [0.15, 0.2) is 72.8 Å². The van der Waals surface area contributed by atoms with E-state index in [4.69, 9.17) is 16.3 Å². The van der Waals surface area contributed by atoms with E-state index >= 15 is 0 Å². The SMILES string of the molecule is CCOc1cccc(CN2C(=O)c3ccccc3C[C@@]2(C)C(=O)NCc2ccc(Cl)cc2)c1. The second-order valence-electron chi connectivity index (χ2n) is 8.39. The van der Waals surface area contributed by atoms with Crippen LogP contribution in [-0.2, 0) is 24.3 Å². The molecule has 3 aromatic carbocycles. The first-order chi connectivity index (χ1) is 15.9. The second kappa shape index (κ2) is 9.67. The van der Waals surface area contributed by atoms with Crippen molar-refractivity contribution in [3.05, 3.63) is 100 Å². The lowest BCUT2D eigenvalue weighted by molar-refractivity contribution is -0.132. The van der Waals surface area contributed by atoms with E-state index in [9.17, 15) is 9.59 Å². The Morgan fingerprint density at radius 1 is 1.06 bits per heavy atom. The third-order valence-electron chi connectivity index (χ3n) is 6.03. The molecule has 0 aliphatic carbocycles. The maximum atomic E-state index is 13.6. The van der Waals surface area contributed by atoms with Gasteiger partial charge in [0.2, 0.25) is 5.91 Å². The van der Waals surface area contributed by atoms with Crippen molar-refractivity contribution in [2.24, 2.45) is 0 Å². The summed E-state index contributed by atoms with van der Waals surface area (Å²) in [6.07, 6.45) is 0.437. The molecule has 33 heavy (non-hydrogen) atoms. The van der Waals surface area contributed by atoms with E-state index in [1.165, 1.54) is 0 Å². The Morgan fingerprint density at radius 2 is 1.82 bits per heavy atom. The van der Waals surface area contributed by atoms with Crippen LogP contribution in [0.1, 0.15) is 40.9 Å². The molecule has 0 radical (unpaired) electrons. The number of hydrogen-bond acceptors (Lipinski definition) is 3. The van der Waals surface area contributed by atoms with Gasteiger partial charge in [-0.05, 0) is 60.9 Å². The molecule has 0 bridgehead atoms. The third-order valence-corrected chi connectivity index (χ3v) is 6.28. The van der Waals surface area contributed by atoms with Gasteiger partial charge in [0.1, 0.15) is 11.3 Å². The van der Waals surface area contributed by atoms with Gasteiger partial charge in [0.25, 0.3) is 5.91 Å². The van der Waals surface area contributed by atoms with Gasteiger partial charge in [0, 0.05) is 30.1 Å². The smallest absolute Gasteiger partial charge is 0.255 e. The predicted octanol–water partition coefficient (Wildman–Crippen LogP) is 5.01. The molecule has 1 N–H and O–H groups in total. The van der Waals surface area contributed by atoms with Crippen LogP contribution in [-0.4, -0.2) is 28.9 Å². The Bertz CT molecular complexity index is 1160. The first kappa shape index (κ1) is 22.9. The van der Waals surface area contributed by atoms with Crippen molar-refractivity contribution >= 4 is 23.4 Å². The number of nitrogens with zero attached hydrogens (tertiary/aromatic N) is 1. The number of carbonyl (C=O) groups is 2. The number of benzene rings is 3. The van der Waals surface area contributed by atoms with E-state index < -0.39 is 5.54 Å². The van der Waals surface area contributed by atoms with E-state index in [1.54, 1.807) is 17.0 Å². The molecule has 170 valence electrons. The molecule has 3 aromatic rings. The fourth-order valence-corrected chi connectivity index (χ4v) is 4.35. The van der Waals surface area contributed by atoms with Crippen molar-refractivity contribution < 1.29 is 14.3 Å². The third kappa shape index (κ3) is 4.88. The molecule has 1 atom stereocenters. The van der Waals surface area contributed by atoms with Gasteiger partial charge in [0.15, 0.2) is 0 Å². The highest BCUT2D eigenvalue weighted by Crippen LogP contribution is 2.33. The van der Waals surface area contributed by atoms with Gasteiger partial charge < -0.3 is 15.0 Å². The number of fused-ring (bicyclic) bond motifs is 1. The monoisotopic (exact) mass is 462 g/mol. The molecule has 1 aliphatic heterocycles. The van der Waals surface area contributed by atoms with E-state index in [0.717, 1.165) is 22.4 Å². The first-order valence-electron chi connectivity index (χ1n) is 11.0. The average molecular weight is 463 g/mol. The van der Waals surface area contributed by atoms with Crippen molar-refractivity contribution in [1.82, 2.24) is 10.2 Å². The number of rotatable bonds is 7. The lowest BCUT2D eigenvalue weighted by Crippen LogP contribution is -2.62. The number of nitrogens with one attached hydrogen (secondary N) is 1. The number of hydrogen-bond donors (Lipinski definition) is 1. The summed E-state index contributed by atoms with van der Waals surface area (Å²) in [5.41, 5.74) is 2.33. The van der Waals surface area contributed by atoms with Gasteiger partial charge in [-0.25, -0.2) is 0 Å². The zero-order valence-electron chi connectivity index (χ0n) is 18.8. The highest BCUT2D eigenvalue weighted by molar-refractivity contribution is 6.30. The van der Waals surface area contributed by atoms with Gasteiger partial charge in [-0.3, -0.25) is 9.59 Å². The lowest BCUT2D eigenvalue weighted by Gasteiger charge is -2.44. The topological polar surface area (TPSA) is 58.6 Å². The van der Waals surface area contributed by atoms with Gasteiger partial charge in [-0.1, -0.05) is 54.1 Å². The molecule has 4 rings (SSSR count).